The Labute approximate surface area is 112 Å². The van der Waals surface area contributed by atoms with Crippen LogP contribution in [-0.2, 0) is 16.0 Å². The van der Waals surface area contributed by atoms with Gasteiger partial charge in [-0.1, -0.05) is 30.3 Å². The highest BCUT2D eigenvalue weighted by molar-refractivity contribution is 5.85. The normalized spacial score (nSPS) is 17.7. The topological polar surface area (TPSA) is 57.6 Å². The van der Waals surface area contributed by atoms with E-state index in [1.54, 1.807) is 12.1 Å². The predicted octanol–water partition coefficient (Wildman–Crippen LogP) is 2.16. The molecule has 0 fully saturated rings. The van der Waals surface area contributed by atoms with E-state index in [0.717, 1.165) is 11.1 Å². The lowest BCUT2D eigenvalue weighted by Gasteiger charge is -2.34. The third-order valence-electron chi connectivity index (χ3n) is 3.40. The number of benzene rings is 1. The molecule has 19 heavy (non-hydrogen) atoms. The summed E-state index contributed by atoms with van der Waals surface area (Å²) in [6, 6.07) is 6.57. The summed E-state index contributed by atoms with van der Waals surface area (Å²) in [4.78, 5) is 25.1. The van der Waals surface area contributed by atoms with Crippen molar-refractivity contribution in [1.29, 1.82) is 0 Å². The fourth-order valence-electron chi connectivity index (χ4n) is 2.47. The van der Waals surface area contributed by atoms with Crippen LogP contribution in [0.3, 0.4) is 0 Å². The standard InChI is InChI=1S/C15H17NO3/c1-2-3-8-13(17)16-10-9-11-6-4-5-7-12(11)14(16)15(18)19/h2,4-7,14H,1,3,8-10H2,(H,18,19). The van der Waals surface area contributed by atoms with Gasteiger partial charge < -0.3 is 10.0 Å². The van der Waals surface area contributed by atoms with Gasteiger partial charge in [-0.05, 0) is 24.0 Å². The van der Waals surface area contributed by atoms with Crippen LogP contribution in [0.25, 0.3) is 0 Å². The van der Waals surface area contributed by atoms with Crippen LogP contribution in [0.1, 0.15) is 30.0 Å². The third-order valence-corrected chi connectivity index (χ3v) is 3.40. The van der Waals surface area contributed by atoms with E-state index >= 15 is 0 Å². The fraction of sp³-hybridized carbons (Fsp3) is 0.333. The molecular weight excluding hydrogens is 242 g/mol. The van der Waals surface area contributed by atoms with Crippen LogP contribution in [0.5, 0.6) is 0 Å². The number of rotatable bonds is 4. The average molecular weight is 259 g/mol. The van der Waals surface area contributed by atoms with Gasteiger partial charge in [-0.2, -0.15) is 0 Å². The van der Waals surface area contributed by atoms with Crippen molar-refractivity contribution in [2.24, 2.45) is 0 Å². The van der Waals surface area contributed by atoms with Crippen molar-refractivity contribution in [3.05, 3.63) is 48.0 Å². The van der Waals surface area contributed by atoms with Gasteiger partial charge in [-0.3, -0.25) is 4.79 Å². The zero-order valence-corrected chi connectivity index (χ0v) is 10.7. The van der Waals surface area contributed by atoms with E-state index in [1.807, 2.05) is 18.2 Å². The minimum absolute atomic E-state index is 0.123. The van der Waals surface area contributed by atoms with Crippen LogP contribution in [-0.4, -0.2) is 28.4 Å². The molecule has 1 aliphatic heterocycles. The highest BCUT2D eigenvalue weighted by atomic mass is 16.4. The summed E-state index contributed by atoms with van der Waals surface area (Å²) >= 11 is 0. The molecule has 0 spiro atoms. The fourth-order valence-corrected chi connectivity index (χ4v) is 2.47. The molecule has 0 radical (unpaired) electrons. The number of carbonyl (C=O) groups excluding carboxylic acids is 1. The zero-order chi connectivity index (χ0) is 13.8. The van der Waals surface area contributed by atoms with Crippen molar-refractivity contribution in [2.75, 3.05) is 6.54 Å². The summed E-state index contributed by atoms with van der Waals surface area (Å²) in [6.07, 6.45) is 3.27. The molecule has 1 aliphatic rings. The van der Waals surface area contributed by atoms with E-state index in [9.17, 15) is 14.7 Å². The second-order valence-electron chi connectivity index (χ2n) is 4.60. The summed E-state index contributed by atoms with van der Waals surface area (Å²) in [5, 5.41) is 9.42. The first-order valence-corrected chi connectivity index (χ1v) is 6.36. The zero-order valence-electron chi connectivity index (χ0n) is 10.7. The number of allylic oxidation sites excluding steroid dienone is 1. The number of amides is 1. The van der Waals surface area contributed by atoms with Crippen molar-refractivity contribution in [3.63, 3.8) is 0 Å². The maximum absolute atomic E-state index is 12.1. The molecule has 2 rings (SSSR count). The summed E-state index contributed by atoms with van der Waals surface area (Å²) in [5.41, 5.74) is 1.75. The van der Waals surface area contributed by atoms with Crippen molar-refractivity contribution >= 4 is 11.9 Å². The summed E-state index contributed by atoms with van der Waals surface area (Å²) in [7, 11) is 0. The molecule has 0 aromatic heterocycles. The number of aliphatic carboxylic acids is 1. The van der Waals surface area contributed by atoms with Crippen LogP contribution in [0.4, 0.5) is 0 Å². The number of hydrogen-bond donors (Lipinski definition) is 1. The van der Waals surface area contributed by atoms with E-state index in [-0.39, 0.29) is 5.91 Å². The highest BCUT2D eigenvalue weighted by Crippen LogP contribution is 2.30. The van der Waals surface area contributed by atoms with E-state index in [1.165, 1.54) is 4.90 Å². The molecule has 1 aromatic rings. The Morgan fingerprint density at radius 1 is 1.42 bits per heavy atom. The van der Waals surface area contributed by atoms with Crippen molar-refractivity contribution < 1.29 is 14.7 Å². The number of nitrogens with zero attached hydrogens (tertiary/aromatic N) is 1. The van der Waals surface area contributed by atoms with E-state index in [0.29, 0.717) is 25.8 Å². The van der Waals surface area contributed by atoms with E-state index < -0.39 is 12.0 Å². The molecule has 0 bridgehead atoms. The SMILES string of the molecule is C=CCCC(=O)N1CCc2ccccc2C1C(=O)O. The quantitative estimate of drug-likeness (QED) is 0.843. The lowest BCUT2D eigenvalue weighted by atomic mass is 9.92. The molecular formula is C15H17NO3. The predicted molar refractivity (Wildman–Crippen MR) is 71.7 cm³/mol. The van der Waals surface area contributed by atoms with Gasteiger partial charge in [0.05, 0.1) is 0 Å². The van der Waals surface area contributed by atoms with Crippen molar-refractivity contribution in [3.8, 4) is 0 Å². The average Bonchev–Trinajstić information content (AvgIpc) is 2.43. The number of carboxylic acids is 1. The Morgan fingerprint density at radius 2 is 2.16 bits per heavy atom. The Morgan fingerprint density at radius 3 is 2.84 bits per heavy atom. The van der Waals surface area contributed by atoms with Gasteiger partial charge in [0.25, 0.3) is 0 Å². The lowest BCUT2D eigenvalue weighted by Crippen LogP contribution is -2.43. The first-order valence-electron chi connectivity index (χ1n) is 6.36. The number of hydrogen-bond acceptors (Lipinski definition) is 2. The van der Waals surface area contributed by atoms with Gasteiger partial charge in [0.1, 0.15) is 0 Å². The maximum Gasteiger partial charge on any atom is 0.331 e. The van der Waals surface area contributed by atoms with Gasteiger partial charge >= 0.3 is 5.97 Å². The smallest absolute Gasteiger partial charge is 0.331 e. The Hall–Kier alpha value is -2.10. The van der Waals surface area contributed by atoms with Crippen molar-refractivity contribution in [1.82, 2.24) is 4.90 Å². The second-order valence-corrected chi connectivity index (χ2v) is 4.60. The molecule has 0 saturated heterocycles. The van der Waals surface area contributed by atoms with Crippen LogP contribution in [0.2, 0.25) is 0 Å². The lowest BCUT2D eigenvalue weighted by molar-refractivity contribution is -0.151. The molecule has 1 heterocycles. The van der Waals surface area contributed by atoms with Gasteiger partial charge in [0, 0.05) is 13.0 Å². The van der Waals surface area contributed by atoms with Gasteiger partial charge in [-0.15, -0.1) is 6.58 Å². The van der Waals surface area contributed by atoms with Crippen LogP contribution >= 0.6 is 0 Å². The highest BCUT2D eigenvalue weighted by Gasteiger charge is 2.35. The van der Waals surface area contributed by atoms with Crippen LogP contribution < -0.4 is 0 Å². The molecule has 1 aromatic carbocycles. The Balaban J connectivity index is 2.29. The van der Waals surface area contributed by atoms with Gasteiger partial charge in [0.15, 0.2) is 6.04 Å². The minimum Gasteiger partial charge on any atom is -0.479 e. The maximum atomic E-state index is 12.1. The monoisotopic (exact) mass is 259 g/mol. The summed E-state index contributed by atoms with van der Waals surface area (Å²) in [5.74, 6) is -1.10. The second kappa shape index (κ2) is 5.69. The first-order chi connectivity index (χ1) is 9.15. The number of fused-ring (bicyclic) bond motifs is 1. The molecule has 100 valence electrons. The first kappa shape index (κ1) is 13.3. The van der Waals surface area contributed by atoms with Crippen molar-refractivity contribution in [2.45, 2.75) is 25.3 Å². The molecule has 1 N–H and O–H groups in total. The summed E-state index contributed by atoms with van der Waals surface area (Å²) in [6.45, 7) is 4.04. The minimum atomic E-state index is -0.973. The number of carboxylic acid groups (broad SMARTS) is 1. The molecule has 4 nitrogen and oxygen atoms in total. The largest absolute Gasteiger partial charge is 0.479 e. The molecule has 0 aliphatic carbocycles. The molecule has 1 amide bonds. The van der Waals surface area contributed by atoms with Crippen LogP contribution in [0.15, 0.2) is 36.9 Å². The molecule has 1 atom stereocenters. The summed E-state index contributed by atoms with van der Waals surface area (Å²) < 4.78 is 0. The van der Waals surface area contributed by atoms with Crippen LogP contribution in [0, 0.1) is 0 Å². The molecule has 1 unspecified atom stereocenters. The third kappa shape index (κ3) is 2.67. The Kier molecular flexibility index (Phi) is 4.00. The van der Waals surface area contributed by atoms with E-state index in [2.05, 4.69) is 6.58 Å². The van der Waals surface area contributed by atoms with Gasteiger partial charge in [-0.25, -0.2) is 4.79 Å². The van der Waals surface area contributed by atoms with Gasteiger partial charge in [0.2, 0.25) is 5.91 Å². The molecule has 0 saturated carbocycles. The Bertz CT molecular complexity index is 510. The van der Waals surface area contributed by atoms with E-state index in [4.69, 9.17) is 0 Å². The number of carbonyl (C=O) groups is 2. The molecule has 4 heteroatoms.